The highest BCUT2D eigenvalue weighted by Gasteiger charge is 2.45. The maximum absolute atomic E-state index is 12.5. The number of halogens is 1. The summed E-state index contributed by atoms with van der Waals surface area (Å²) < 4.78 is 5.68. The molecule has 6 heteroatoms. The van der Waals surface area contributed by atoms with Crippen LogP contribution in [-0.2, 0) is 9.59 Å². The molecule has 0 aromatic heterocycles. The number of nitrogens with one attached hydrogen (secondary N) is 1. The second kappa shape index (κ2) is 5.80. The highest BCUT2D eigenvalue weighted by molar-refractivity contribution is 6.30. The van der Waals surface area contributed by atoms with E-state index in [4.69, 9.17) is 16.3 Å². The molecule has 0 bridgehead atoms. The SMILES string of the molecule is CC(Oc1ccc(Cl)cc1)C(=O)N1CCC2(CNC(=O)C2)C1. The molecule has 2 saturated heterocycles. The molecular weight excluding hydrogens is 304 g/mol. The Morgan fingerprint density at radius 3 is 2.77 bits per heavy atom. The van der Waals surface area contributed by atoms with Crippen molar-refractivity contribution in [2.45, 2.75) is 25.9 Å². The predicted octanol–water partition coefficient (Wildman–Crippen LogP) is 1.85. The fourth-order valence-corrected chi connectivity index (χ4v) is 3.31. The summed E-state index contributed by atoms with van der Waals surface area (Å²) in [6.07, 6.45) is 0.829. The van der Waals surface area contributed by atoms with E-state index in [2.05, 4.69) is 5.32 Å². The lowest BCUT2D eigenvalue weighted by molar-refractivity contribution is -0.137. The van der Waals surface area contributed by atoms with E-state index in [-0.39, 0.29) is 17.2 Å². The molecule has 1 aromatic rings. The minimum atomic E-state index is -0.554. The van der Waals surface area contributed by atoms with Gasteiger partial charge in [-0.15, -0.1) is 0 Å². The summed E-state index contributed by atoms with van der Waals surface area (Å²) in [5, 5.41) is 3.50. The lowest BCUT2D eigenvalue weighted by Gasteiger charge is -2.24. The summed E-state index contributed by atoms with van der Waals surface area (Å²) in [4.78, 5) is 25.7. The first-order valence-corrected chi connectivity index (χ1v) is 7.83. The summed E-state index contributed by atoms with van der Waals surface area (Å²) in [5.74, 6) is 0.669. The Kier molecular flexibility index (Phi) is 4.00. The summed E-state index contributed by atoms with van der Waals surface area (Å²) >= 11 is 5.83. The Balaban J connectivity index is 1.59. The number of hydrogen-bond acceptors (Lipinski definition) is 3. The second-order valence-corrected chi connectivity index (χ2v) is 6.61. The molecule has 22 heavy (non-hydrogen) atoms. The molecule has 0 saturated carbocycles. The fraction of sp³-hybridized carbons (Fsp3) is 0.500. The number of rotatable bonds is 3. The van der Waals surface area contributed by atoms with Crippen molar-refractivity contribution in [3.05, 3.63) is 29.3 Å². The monoisotopic (exact) mass is 322 g/mol. The number of ether oxygens (including phenoxy) is 1. The highest BCUT2D eigenvalue weighted by atomic mass is 35.5. The van der Waals surface area contributed by atoms with Crippen molar-refractivity contribution in [1.29, 1.82) is 0 Å². The molecule has 2 aliphatic heterocycles. The molecule has 1 N–H and O–H groups in total. The topological polar surface area (TPSA) is 58.6 Å². The molecule has 0 aliphatic carbocycles. The molecule has 2 unspecified atom stereocenters. The second-order valence-electron chi connectivity index (χ2n) is 6.18. The van der Waals surface area contributed by atoms with Crippen molar-refractivity contribution < 1.29 is 14.3 Å². The molecule has 2 heterocycles. The molecular formula is C16H19ClN2O3. The van der Waals surface area contributed by atoms with Gasteiger partial charge < -0.3 is 15.0 Å². The third-order valence-corrected chi connectivity index (χ3v) is 4.67. The van der Waals surface area contributed by atoms with Crippen LogP contribution in [0.1, 0.15) is 19.8 Å². The van der Waals surface area contributed by atoms with Gasteiger partial charge in [-0.25, -0.2) is 0 Å². The van der Waals surface area contributed by atoms with E-state index in [9.17, 15) is 9.59 Å². The quantitative estimate of drug-likeness (QED) is 0.924. The maximum atomic E-state index is 12.5. The van der Waals surface area contributed by atoms with Gasteiger partial charge in [0.05, 0.1) is 0 Å². The lowest BCUT2D eigenvalue weighted by atomic mass is 9.86. The van der Waals surface area contributed by atoms with Crippen LogP contribution >= 0.6 is 11.6 Å². The van der Waals surface area contributed by atoms with Crippen LogP contribution in [0.15, 0.2) is 24.3 Å². The Bertz CT molecular complexity index is 590. The van der Waals surface area contributed by atoms with Gasteiger partial charge in [0.25, 0.3) is 5.91 Å². The van der Waals surface area contributed by atoms with Crippen LogP contribution in [-0.4, -0.2) is 42.5 Å². The number of amides is 2. The van der Waals surface area contributed by atoms with E-state index < -0.39 is 6.10 Å². The number of nitrogens with zero attached hydrogens (tertiary/aromatic N) is 1. The molecule has 2 aliphatic rings. The molecule has 2 amide bonds. The summed E-state index contributed by atoms with van der Waals surface area (Å²) in [6.45, 7) is 3.73. The van der Waals surface area contributed by atoms with Crippen molar-refractivity contribution in [1.82, 2.24) is 10.2 Å². The Morgan fingerprint density at radius 1 is 1.41 bits per heavy atom. The van der Waals surface area contributed by atoms with Crippen molar-refractivity contribution in [3.8, 4) is 5.75 Å². The molecule has 3 rings (SSSR count). The minimum absolute atomic E-state index is 0.0360. The first kappa shape index (κ1) is 15.2. The van der Waals surface area contributed by atoms with Crippen LogP contribution in [0.5, 0.6) is 5.75 Å². The normalized spacial score (nSPS) is 25.4. The number of hydrogen-bond donors (Lipinski definition) is 1. The van der Waals surface area contributed by atoms with E-state index in [1.165, 1.54) is 0 Å². The largest absolute Gasteiger partial charge is 0.481 e. The van der Waals surface area contributed by atoms with Gasteiger partial charge in [-0.2, -0.15) is 0 Å². The molecule has 118 valence electrons. The number of likely N-dealkylation sites (tertiary alicyclic amines) is 1. The molecule has 1 spiro atoms. The van der Waals surface area contributed by atoms with E-state index in [0.717, 1.165) is 6.42 Å². The van der Waals surface area contributed by atoms with Crippen LogP contribution in [0.4, 0.5) is 0 Å². The van der Waals surface area contributed by atoms with E-state index in [0.29, 0.717) is 36.8 Å². The zero-order chi connectivity index (χ0) is 15.7. The zero-order valence-corrected chi connectivity index (χ0v) is 13.2. The van der Waals surface area contributed by atoms with Gasteiger partial charge in [-0.1, -0.05) is 11.6 Å². The smallest absolute Gasteiger partial charge is 0.263 e. The van der Waals surface area contributed by atoms with Crippen LogP contribution in [0.2, 0.25) is 5.02 Å². The summed E-state index contributed by atoms with van der Waals surface area (Å²) in [5.41, 5.74) is -0.0767. The third-order valence-electron chi connectivity index (χ3n) is 4.42. The maximum Gasteiger partial charge on any atom is 0.263 e. The average Bonchev–Trinajstić information content (AvgIpc) is 3.07. The van der Waals surface area contributed by atoms with Crippen molar-refractivity contribution in [2.24, 2.45) is 5.41 Å². The van der Waals surface area contributed by atoms with Crippen LogP contribution in [0.25, 0.3) is 0 Å². The number of carbonyl (C=O) groups excluding carboxylic acids is 2. The van der Waals surface area contributed by atoms with Crippen molar-refractivity contribution in [3.63, 3.8) is 0 Å². The van der Waals surface area contributed by atoms with Gasteiger partial charge in [0.1, 0.15) is 5.75 Å². The molecule has 0 radical (unpaired) electrons. The highest BCUT2D eigenvalue weighted by Crippen LogP contribution is 2.36. The standard InChI is InChI=1S/C16H19ClN2O3/c1-11(22-13-4-2-12(17)3-5-13)15(21)19-7-6-16(10-19)8-14(20)18-9-16/h2-5,11H,6-10H2,1H3,(H,18,20). The summed E-state index contributed by atoms with van der Waals surface area (Å²) in [6, 6.07) is 6.96. The van der Waals surface area contributed by atoms with Gasteiger partial charge in [0.15, 0.2) is 6.10 Å². The Hall–Kier alpha value is -1.75. The molecule has 1 aromatic carbocycles. The van der Waals surface area contributed by atoms with Crippen LogP contribution in [0, 0.1) is 5.41 Å². The van der Waals surface area contributed by atoms with Gasteiger partial charge in [-0.3, -0.25) is 9.59 Å². The third kappa shape index (κ3) is 3.04. The van der Waals surface area contributed by atoms with E-state index >= 15 is 0 Å². The lowest BCUT2D eigenvalue weighted by Crippen LogP contribution is -2.40. The van der Waals surface area contributed by atoms with E-state index in [1.807, 2.05) is 0 Å². The first-order chi connectivity index (χ1) is 10.5. The number of carbonyl (C=O) groups is 2. The average molecular weight is 323 g/mol. The first-order valence-electron chi connectivity index (χ1n) is 7.45. The zero-order valence-electron chi connectivity index (χ0n) is 12.5. The molecule has 2 fully saturated rings. The summed E-state index contributed by atoms with van der Waals surface area (Å²) in [7, 11) is 0. The van der Waals surface area contributed by atoms with Crippen molar-refractivity contribution in [2.75, 3.05) is 19.6 Å². The molecule has 2 atom stereocenters. The van der Waals surface area contributed by atoms with Gasteiger partial charge >= 0.3 is 0 Å². The minimum Gasteiger partial charge on any atom is -0.481 e. The van der Waals surface area contributed by atoms with E-state index in [1.54, 1.807) is 36.1 Å². The van der Waals surface area contributed by atoms with Crippen LogP contribution in [0.3, 0.4) is 0 Å². The predicted molar refractivity (Wildman–Crippen MR) is 82.8 cm³/mol. The fourth-order valence-electron chi connectivity index (χ4n) is 3.19. The van der Waals surface area contributed by atoms with Gasteiger partial charge in [0.2, 0.25) is 5.91 Å². The Morgan fingerprint density at radius 2 is 2.14 bits per heavy atom. The van der Waals surface area contributed by atoms with Crippen LogP contribution < -0.4 is 10.1 Å². The van der Waals surface area contributed by atoms with Gasteiger partial charge in [-0.05, 0) is 37.6 Å². The Labute approximate surface area is 134 Å². The van der Waals surface area contributed by atoms with Gasteiger partial charge in [0, 0.05) is 36.5 Å². The molecule has 5 nitrogen and oxygen atoms in total. The van der Waals surface area contributed by atoms with Crippen molar-refractivity contribution >= 4 is 23.4 Å². The number of benzene rings is 1.